The van der Waals surface area contributed by atoms with Crippen molar-refractivity contribution in [3.8, 4) is 6.07 Å². The van der Waals surface area contributed by atoms with Crippen LogP contribution < -0.4 is 21.1 Å². The third-order valence-electron chi connectivity index (χ3n) is 6.22. The molecule has 8 nitrogen and oxygen atoms in total. The van der Waals surface area contributed by atoms with Gasteiger partial charge in [-0.25, -0.2) is 8.78 Å². The molecule has 3 N–H and O–H groups in total. The van der Waals surface area contributed by atoms with Gasteiger partial charge in [0.2, 0.25) is 0 Å². The van der Waals surface area contributed by atoms with E-state index in [2.05, 4.69) is 22.0 Å². The summed E-state index contributed by atoms with van der Waals surface area (Å²) in [4.78, 5) is 13.5. The van der Waals surface area contributed by atoms with E-state index >= 15 is 0 Å². The lowest BCUT2D eigenvalue weighted by molar-refractivity contribution is -0.149. The molecule has 2 aromatic rings. The molecule has 34 heavy (non-hydrogen) atoms. The predicted octanol–water partition coefficient (Wildman–Crippen LogP) is 2.16. The first kappa shape index (κ1) is 23.9. The number of hydrogen-bond donors (Lipinski definition) is 3. The molecule has 4 rings (SSSR count). The monoisotopic (exact) mass is 483 g/mol. The van der Waals surface area contributed by atoms with Crippen LogP contribution in [0.25, 0.3) is 0 Å². The number of carbonyl (C=O) groups excluding carboxylic acids is 1. The van der Waals surface area contributed by atoms with E-state index < -0.39 is 40.9 Å². The van der Waals surface area contributed by atoms with Crippen molar-refractivity contribution in [2.75, 3.05) is 31.1 Å². The van der Waals surface area contributed by atoms with Gasteiger partial charge in [0.25, 0.3) is 5.91 Å². The van der Waals surface area contributed by atoms with Crippen LogP contribution in [0, 0.1) is 23.0 Å². The molecule has 2 aliphatic rings. The van der Waals surface area contributed by atoms with Crippen molar-refractivity contribution in [2.45, 2.75) is 37.0 Å². The molecule has 3 heterocycles. The second-order valence-electron chi connectivity index (χ2n) is 8.61. The molecule has 0 saturated carbocycles. The van der Waals surface area contributed by atoms with E-state index in [9.17, 15) is 32.0 Å². The van der Waals surface area contributed by atoms with Crippen molar-refractivity contribution in [3.63, 3.8) is 0 Å². The summed E-state index contributed by atoms with van der Waals surface area (Å²) in [6, 6.07) is 1.26. The van der Waals surface area contributed by atoms with E-state index in [-0.39, 0.29) is 31.1 Å². The van der Waals surface area contributed by atoms with Crippen LogP contribution in [0.15, 0.2) is 24.5 Å². The lowest BCUT2D eigenvalue weighted by Crippen LogP contribution is -2.63. The molecule has 1 aromatic heterocycles. The van der Waals surface area contributed by atoms with Gasteiger partial charge in [0.05, 0.1) is 29.9 Å². The highest BCUT2D eigenvalue weighted by molar-refractivity contribution is 5.95. The smallest absolute Gasteiger partial charge is 0.364 e. The molecule has 0 bridgehead atoms. The summed E-state index contributed by atoms with van der Waals surface area (Å²) >= 11 is 0. The first-order valence-corrected chi connectivity index (χ1v) is 10.5. The third kappa shape index (κ3) is 4.43. The fraction of sp³-hybridized carbons (Fsp3) is 0.476. The number of halogens is 5. The molecule has 2 fully saturated rings. The minimum Gasteiger partial charge on any atom is -0.364 e. The molecule has 182 valence electrons. The number of nitriles is 1. The topological polar surface area (TPSA) is 98.0 Å². The van der Waals surface area contributed by atoms with Crippen molar-refractivity contribution in [2.24, 2.45) is 0 Å². The molecule has 0 radical (unpaired) electrons. The fourth-order valence-corrected chi connectivity index (χ4v) is 4.13. The molecule has 2 aliphatic heterocycles. The summed E-state index contributed by atoms with van der Waals surface area (Å²) in [5.74, 6) is -3.26. The Balaban J connectivity index is 1.51. The summed E-state index contributed by atoms with van der Waals surface area (Å²) in [7, 11) is 0. The summed E-state index contributed by atoms with van der Waals surface area (Å²) in [5, 5.41) is 15.4. The minimum absolute atomic E-state index is 0.0890. The molecular formula is C21H22F5N7O. The van der Waals surface area contributed by atoms with Gasteiger partial charge in [0.15, 0.2) is 0 Å². The van der Waals surface area contributed by atoms with Gasteiger partial charge in [0.1, 0.15) is 23.2 Å². The van der Waals surface area contributed by atoms with Gasteiger partial charge in [0, 0.05) is 44.4 Å². The van der Waals surface area contributed by atoms with Crippen LogP contribution in [-0.4, -0.2) is 54.1 Å². The Hall–Kier alpha value is -3.24. The Morgan fingerprint density at radius 2 is 1.97 bits per heavy atom. The molecular weight excluding hydrogens is 461 g/mol. The number of carbonyl (C=O) groups is 1. The van der Waals surface area contributed by atoms with Gasteiger partial charge in [-0.05, 0) is 18.6 Å². The van der Waals surface area contributed by atoms with Crippen LogP contribution in [-0.2, 0) is 5.54 Å². The summed E-state index contributed by atoms with van der Waals surface area (Å²) in [6.45, 7) is 2.49. The molecule has 1 atom stereocenters. The van der Waals surface area contributed by atoms with E-state index in [0.717, 1.165) is 24.7 Å². The zero-order valence-corrected chi connectivity index (χ0v) is 18.1. The number of rotatable bonds is 6. The summed E-state index contributed by atoms with van der Waals surface area (Å²) < 4.78 is 69.0. The quantitative estimate of drug-likeness (QED) is 0.545. The normalized spacial score (nSPS) is 18.9. The van der Waals surface area contributed by atoms with Crippen LogP contribution in [0.5, 0.6) is 0 Å². The third-order valence-corrected chi connectivity index (χ3v) is 6.22. The molecule has 0 unspecified atom stereocenters. The Kier molecular flexibility index (Phi) is 6.22. The van der Waals surface area contributed by atoms with Gasteiger partial charge < -0.3 is 10.2 Å². The molecule has 2 saturated heterocycles. The minimum atomic E-state index is -4.72. The summed E-state index contributed by atoms with van der Waals surface area (Å²) in [5.41, 5.74) is 5.33. The van der Waals surface area contributed by atoms with Gasteiger partial charge >= 0.3 is 6.18 Å². The maximum Gasteiger partial charge on any atom is 0.408 e. The second kappa shape index (κ2) is 8.84. The first-order valence-electron chi connectivity index (χ1n) is 10.5. The molecule has 1 aromatic carbocycles. The van der Waals surface area contributed by atoms with Gasteiger partial charge in [-0.3, -0.25) is 20.3 Å². The number of amides is 1. The number of aromatic nitrogens is 2. The Morgan fingerprint density at radius 1 is 1.29 bits per heavy atom. The number of nitrogens with one attached hydrogen (secondary N) is 3. The Morgan fingerprint density at radius 3 is 2.59 bits per heavy atom. The lowest BCUT2D eigenvalue weighted by Gasteiger charge is -2.50. The van der Waals surface area contributed by atoms with Crippen LogP contribution in [0.1, 0.15) is 35.2 Å². The average molecular weight is 483 g/mol. The molecule has 13 heteroatoms. The lowest BCUT2D eigenvalue weighted by atomic mass is 9.86. The van der Waals surface area contributed by atoms with Crippen molar-refractivity contribution in [3.05, 3.63) is 47.3 Å². The largest absolute Gasteiger partial charge is 0.408 e. The van der Waals surface area contributed by atoms with Crippen LogP contribution in [0.4, 0.5) is 27.6 Å². The van der Waals surface area contributed by atoms with Gasteiger partial charge in [-0.1, -0.05) is 0 Å². The van der Waals surface area contributed by atoms with Crippen molar-refractivity contribution >= 4 is 11.6 Å². The van der Waals surface area contributed by atoms with E-state index in [1.807, 2.05) is 6.20 Å². The highest BCUT2D eigenvalue weighted by Crippen LogP contribution is 2.38. The molecule has 0 spiro atoms. The number of hydrazine groups is 1. The highest BCUT2D eigenvalue weighted by Gasteiger charge is 2.47. The van der Waals surface area contributed by atoms with E-state index in [4.69, 9.17) is 0 Å². The Labute approximate surface area is 191 Å². The number of hydrogen-bond acceptors (Lipinski definition) is 6. The SMILES string of the molecule is C[C@H](NC(=O)c1cc(F)c(N2CC(CC#N)(n3cc(C4CNNC4)cn3)C2)cc1F)C(F)(F)F. The van der Waals surface area contributed by atoms with Crippen molar-refractivity contribution in [1.29, 1.82) is 5.26 Å². The molecule has 0 aliphatic carbocycles. The highest BCUT2D eigenvalue weighted by atomic mass is 19.4. The summed E-state index contributed by atoms with van der Waals surface area (Å²) in [6.07, 6.45) is -1.06. The fourth-order valence-electron chi connectivity index (χ4n) is 4.13. The number of nitrogens with zero attached hydrogens (tertiary/aromatic N) is 4. The van der Waals surface area contributed by atoms with Crippen molar-refractivity contribution in [1.82, 2.24) is 25.9 Å². The van der Waals surface area contributed by atoms with E-state index in [1.54, 1.807) is 16.2 Å². The average Bonchev–Trinajstić information content (AvgIpc) is 3.43. The standard InChI is InChI=1S/C21H22F5N7O/c1-12(21(24,25)26)31-19(34)15-4-17(23)18(5-16(15)22)32-10-20(11-32,2-3-27)33-9-14(8-30-33)13-6-28-29-7-13/h4-5,8-9,12-13,28-29H,2,6-7,10-11H2,1H3,(H,31,34)/t12-/m0/s1. The Bertz CT molecular complexity index is 1110. The first-order chi connectivity index (χ1) is 16.0. The zero-order valence-electron chi connectivity index (χ0n) is 18.1. The van der Waals surface area contributed by atoms with Crippen molar-refractivity contribution < 1.29 is 26.7 Å². The number of benzene rings is 1. The van der Waals surface area contributed by atoms with E-state index in [0.29, 0.717) is 13.0 Å². The van der Waals surface area contributed by atoms with Gasteiger partial charge in [-0.15, -0.1) is 0 Å². The van der Waals surface area contributed by atoms with Crippen LogP contribution >= 0.6 is 0 Å². The van der Waals surface area contributed by atoms with Gasteiger partial charge in [-0.2, -0.15) is 23.5 Å². The molecule has 1 amide bonds. The number of alkyl halides is 3. The number of anilines is 1. The van der Waals surface area contributed by atoms with Crippen LogP contribution in [0.2, 0.25) is 0 Å². The predicted molar refractivity (Wildman–Crippen MR) is 111 cm³/mol. The maximum atomic E-state index is 14.8. The second-order valence-corrected chi connectivity index (χ2v) is 8.61. The maximum absolute atomic E-state index is 14.8. The zero-order chi connectivity index (χ0) is 24.7. The van der Waals surface area contributed by atoms with E-state index in [1.165, 1.54) is 4.90 Å². The van der Waals surface area contributed by atoms with Crippen LogP contribution in [0.3, 0.4) is 0 Å².